The molecule has 0 radical (unpaired) electrons. The highest BCUT2D eigenvalue weighted by atomic mass is 16.6. The summed E-state index contributed by atoms with van der Waals surface area (Å²) >= 11 is 0. The van der Waals surface area contributed by atoms with Gasteiger partial charge in [-0.15, -0.1) is 0 Å². The van der Waals surface area contributed by atoms with Crippen molar-refractivity contribution in [1.29, 1.82) is 0 Å². The molecule has 0 atom stereocenters. The first-order valence-electron chi connectivity index (χ1n) is 6.85. The number of aromatic nitrogens is 1. The number of carbonyl (C=O) groups is 1. The van der Waals surface area contributed by atoms with Crippen molar-refractivity contribution < 1.29 is 19.0 Å². The molecule has 122 valence electrons. The van der Waals surface area contributed by atoms with Crippen molar-refractivity contribution in [3.05, 3.63) is 50.9 Å². The second-order valence-corrected chi connectivity index (χ2v) is 5.08. The molecule has 0 aliphatic carbocycles. The Morgan fingerprint density at radius 3 is 2.65 bits per heavy atom. The fourth-order valence-electron chi connectivity index (χ4n) is 2.29. The molecule has 0 fully saturated rings. The summed E-state index contributed by atoms with van der Waals surface area (Å²) in [5.74, 6) is 0.185. The Labute approximate surface area is 132 Å². The highest BCUT2D eigenvalue weighted by Gasteiger charge is 2.28. The van der Waals surface area contributed by atoms with Crippen LogP contribution in [0.25, 0.3) is 0 Å². The standard InChI is InChI=1S/C15H17N3O5/c1-9-12(10(2)23-16-9)8-17(3)15(19)11-6-5-7-13(22-4)14(11)18(20)21/h5-7H,8H2,1-4H3. The van der Waals surface area contributed by atoms with E-state index in [9.17, 15) is 14.9 Å². The van der Waals surface area contributed by atoms with Crippen LogP contribution in [0.1, 0.15) is 27.4 Å². The summed E-state index contributed by atoms with van der Waals surface area (Å²) in [5.41, 5.74) is 1.10. The van der Waals surface area contributed by atoms with Crippen molar-refractivity contribution in [3.63, 3.8) is 0 Å². The monoisotopic (exact) mass is 319 g/mol. The number of carbonyl (C=O) groups excluding carboxylic acids is 1. The number of rotatable bonds is 5. The van der Waals surface area contributed by atoms with Crippen LogP contribution >= 0.6 is 0 Å². The minimum absolute atomic E-state index is 0.0244. The first-order chi connectivity index (χ1) is 10.9. The lowest BCUT2D eigenvalue weighted by molar-refractivity contribution is -0.386. The minimum Gasteiger partial charge on any atom is -0.490 e. The second-order valence-electron chi connectivity index (χ2n) is 5.08. The van der Waals surface area contributed by atoms with Crippen LogP contribution in [0.5, 0.6) is 5.75 Å². The van der Waals surface area contributed by atoms with Crippen LogP contribution in [0.3, 0.4) is 0 Å². The molecule has 1 amide bonds. The summed E-state index contributed by atoms with van der Waals surface area (Å²) in [4.78, 5) is 24.7. The fraction of sp³-hybridized carbons (Fsp3) is 0.333. The summed E-state index contributed by atoms with van der Waals surface area (Å²) in [6, 6.07) is 4.40. The second kappa shape index (κ2) is 6.47. The molecular weight excluding hydrogens is 302 g/mol. The van der Waals surface area contributed by atoms with Gasteiger partial charge in [0.15, 0.2) is 5.75 Å². The van der Waals surface area contributed by atoms with Crippen molar-refractivity contribution in [3.8, 4) is 5.75 Å². The van der Waals surface area contributed by atoms with Gasteiger partial charge in [-0.2, -0.15) is 0 Å². The largest absolute Gasteiger partial charge is 0.490 e. The molecule has 23 heavy (non-hydrogen) atoms. The van der Waals surface area contributed by atoms with Crippen LogP contribution in [0, 0.1) is 24.0 Å². The topological polar surface area (TPSA) is 98.7 Å². The quantitative estimate of drug-likeness (QED) is 0.620. The Hall–Kier alpha value is -2.90. The maximum Gasteiger partial charge on any atom is 0.323 e. The molecule has 2 rings (SSSR count). The number of nitrogens with zero attached hydrogens (tertiary/aromatic N) is 3. The lowest BCUT2D eigenvalue weighted by atomic mass is 10.1. The highest BCUT2D eigenvalue weighted by Crippen LogP contribution is 2.31. The molecule has 1 aromatic heterocycles. The molecule has 1 heterocycles. The predicted octanol–water partition coefficient (Wildman–Crippen LogP) is 2.48. The zero-order chi connectivity index (χ0) is 17.1. The molecule has 0 aliphatic rings. The Morgan fingerprint density at radius 1 is 1.43 bits per heavy atom. The van der Waals surface area contributed by atoms with Crippen molar-refractivity contribution in [2.75, 3.05) is 14.2 Å². The van der Waals surface area contributed by atoms with Crippen molar-refractivity contribution in [2.24, 2.45) is 0 Å². The molecule has 0 N–H and O–H groups in total. The van der Waals surface area contributed by atoms with Gasteiger partial charge < -0.3 is 14.2 Å². The minimum atomic E-state index is -0.615. The maximum absolute atomic E-state index is 12.6. The van der Waals surface area contributed by atoms with Crippen molar-refractivity contribution in [2.45, 2.75) is 20.4 Å². The Bertz CT molecular complexity index is 734. The molecule has 2 aromatic rings. The summed E-state index contributed by atoms with van der Waals surface area (Å²) in [6.07, 6.45) is 0. The predicted molar refractivity (Wildman–Crippen MR) is 81.4 cm³/mol. The SMILES string of the molecule is COc1cccc(C(=O)N(C)Cc2c(C)noc2C)c1[N+](=O)[O-]. The van der Waals surface area contributed by atoms with Crippen LogP contribution < -0.4 is 4.74 Å². The molecule has 0 saturated carbocycles. The van der Waals surface area contributed by atoms with E-state index >= 15 is 0 Å². The number of methoxy groups -OCH3 is 1. The highest BCUT2D eigenvalue weighted by molar-refractivity contribution is 5.99. The van der Waals surface area contributed by atoms with E-state index in [1.165, 1.54) is 24.1 Å². The molecule has 8 nitrogen and oxygen atoms in total. The zero-order valence-corrected chi connectivity index (χ0v) is 13.3. The van der Waals surface area contributed by atoms with E-state index in [4.69, 9.17) is 9.26 Å². The average molecular weight is 319 g/mol. The van der Waals surface area contributed by atoms with Crippen LogP contribution in [-0.2, 0) is 6.54 Å². The van der Waals surface area contributed by atoms with Crippen molar-refractivity contribution in [1.82, 2.24) is 10.1 Å². The Kier molecular flexibility index (Phi) is 4.63. The number of nitro groups is 1. The summed E-state index contributed by atoms with van der Waals surface area (Å²) in [5, 5.41) is 15.1. The first kappa shape index (κ1) is 16.5. The van der Waals surface area contributed by atoms with E-state index in [0.29, 0.717) is 11.5 Å². The van der Waals surface area contributed by atoms with Gasteiger partial charge in [-0.05, 0) is 26.0 Å². The molecule has 0 unspecified atom stereocenters. The van der Waals surface area contributed by atoms with E-state index in [0.717, 1.165) is 5.56 Å². The van der Waals surface area contributed by atoms with Crippen LogP contribution in [0.4, 0.5) is 5.69 Å². The zero-order valence-electron chi connectivity index (χ0n) is 13.3. The van der Waals surface area contributed by atoms with Crippen LogP contribution in [0.15, 0.2) is 22.7 Å². The van der Waals surface area contributed by atoms with Crippen LogP contribution in [-0.4, -0.2) is 35.0 Å². The molecule has 0 saturated heterocycles. The fourth-order valence-corrected chi connectivity index (χ4v) is 2.29. The third-order valence-electron chi connectivity index (χ3n) is 3.56. The van der Waals surface area contributed by atoms with Gasteiger partial charge in [-0.3, -0.25) is 14.9 Å². The van der Waals surface area contributed by atoms with Gasteiger partial charge in [-0.1, -0.05) is 11.2 Å². The van der Waals surface area contributed by atoms with Gasteiger partial charge in [0.05, 0.1) is 24.3 Å². The van der Waals surface area contributed by atoms with E-state index in [1.807, 2.05) is 0 Å². The number of para-hydroxylation sites is 1. The molecule has 0 aliphatic heterocycles. The maximum atomic E-state index is 12.6. The Balaban J connectivity index is 2.35. The van der Waals surface area contributed by atoms with Crippen LogP contribution in [0.2, 0.25) is 0 Å². The molecule has 0 bridgehead atoms. The third kappa shape index (κ3) is 3.15. The Morgan fingerprint density at radius 2 is 2.13 bits per heavy atom. The van der Waals surface area contributed by atoms with E-state index in [1.54, 1.807) is 27.0 Å². The van der Waals surface area contributed by atoms with E-state index in [2.05, 4.69) is 5.16 Å². The number of aryl methyl sites for hydroxylation is 2. The van der Waals surface area contributed by atoms with Gasteiger partial charge in [0.25, 0.3) is 5.91 Å². The number of benzene rings is 1. The number of hydrogen-bond acceptors (Lipinski definition) is 6. The summed E-state index contributed by atoms with van der Waals surface area (Å²) in [6.45, 7) is 3.77. The lowest BCUT2D eigenvalue weighted by Gasteiger charge is -2.17. The smallest absolute Gasteiger partial charge is 0.323 e. The molecule has 0 spiro atoms. The van der Waals surface area contributed by atoms with E-state index < -0.39 is 10.8 Å². The molecule has 1 aromatic carbocycles. The van der Waals surface area contributed by atoms with Crippen molar-refractivity contribution >= 4 is 11.6 Å². The average Bonchev–Trinajstić information content (AvgIpc) is 2.84. The summed E-state index contributed by atoms with van der Waals surface area (Å²) in [7, 11) is 2.89. The first-order valence-corrected chi connectivity index (χ1v) is 6.85. The van der Waals surface area contributed by atoms with Gasteiger partial charge in [0.2, 0.25) is 0 Å². The number of nitro benzene ring substituents is 1. The van der Waals surface area contributed by atoms with Gasteiger partial charge in [0, 0.05) is 12.6 Å². The van der Waals surface area contributed by atoms with Gasteiger partial charge in [0.1, 0.15) is 11.3 Å². The van der Waals surface area contributed by atoms with Gasteiger partial charge in [-0.25, -0.2) is 0 Å². The number of hydrogen-bond donors (Lipinski definition) is 0. The van der Waals surface area contributed by atoms with E-state index in [-0.39, 0.29) is 23.5 Å². The number of ether oxygens (including phenoxy) is 1. The number of amides is 1. The normalized spacial score (nSPS) is 10.4. The summed E-state index contributed by atoms with van der Waals surface area (Å²) < 4.78 is 10.0. The lowest BCUT2D eigenvalue weighted by Crippen LogP contribution is -2.27. The van der Waals surface area contributed by atoms with Gasteiger partial charge >= 0.3 is 5.69 Å². The molecule has 8 heteroatoms. The third-order valence-corrected chi connectivity index (χ3v) is 3.56. The molecular formula is C15H17N3O5.